The number of hydrogen-bond acceptors (Lipinski definition) is 2. The summed E-state index contributed by atoms with van der Waals surface area (Å²) in [5.74, 6) is 2.03. The molecule has 2 N–H and O–H groups in total. The third kappa shape index (κ3) is 3.70. The average molecular weight is 315 g/mol. The van der Waals surface area contributed by atoms with E-state index in [1.165, 1.54) is 43.2 Å². The topological polar surface area (TPSA) is 52.3 Å². The number of primary amides is 1. The van der Waals surface area contributed by atoms with Crippen molar-refractivity contribution in [1.82, 2.24) is 0 Å². The molecule has 3 heteroatoms. The van der Waals surface area contributed by atoms with Crippen LogP contribution in [0.25, 0.3) is 0 Å². The minimum atomic E-state index is -0.497. The highest BCUT2D eigenvalue weighted by Gasteiger charge is 2.34. The van der Waals surface area contributed by atoms with E-state index in [4.69, 9.17) is 10.5 Å². The molecule has 2 aliphatic carbocycles. The molecule has 1 saturated carbocycles. The minimum Gasteiger partial charge on any atom is -0.481 e. The summed E-state index contributed by atoms with van der Waals surface area (Å²) >= 11 is 0. The van der Waals surface area contributed by atoms with Gasteiger partial charge in [0.05, 0.1) is 0 Å². The molecule has 1 aromatic rings. The Labute approximate surface area is 139 Å². The maximum Gasteiger partial charge on any atom is 0.258 e. The number of carbonyl (C=O) groups is 1. The molecule has 23 heavy (non-hydrogen) atoms. The fraction of sp³-hybridized carbons (Fsp3) is 0.650. The Balaban J connectivity index is 1.68. The quantitative estimate of drug-likeness (QED) is 0.761. The zero-order valence-corrected chi connectivity index (χ0v) is 14.2. The number of benzene rings is 1. The Morgan fingerprint density at radius 2 is 2.13 bits per heavy atom. The highest BCUT2D eigenvalue weighted by molar-refractivity contribution is 5.79. The van der Waals surface area contributed by atoms with Crippen LogP contribution in [0.2, 0.25) is 0 Å². The molecule has 0 bridgehead atoms. The number of nitrogens with two attached hydrogens (primary N) is 1. The lowest BCUT2D eigenvalue weighted by atomic mass is 9.80. The lowest BCUT2D eigenvalue weighted by molar-refractivity contribution is -0.125. The molecule has 1 fully saturated rings. The van der Waals surface area contributed by atoms with Gasteiger partial charge in [0.15, 0.2) is 6.10 Å². The second kappa shape index (κ2) is 7.37. The van der Waals surface area contributed by atoms with Crippen LogP contribution in [-0.2, 0) is 11.2 Å². The van der Waals surface area contributed by atoms with Crippen molar-refractivity contribution in [1.29, 1.82) is 0 Å². The van der Waals surface area contributed by atoms with Crippen molar-refractivity contribution in [2.45, 2.75) is 76.7 Å². The van der Waals surface area contributed by atoms with Crippen molar-refractivity contribution in [2.24, 2.45) is 11.7 Å². The zero-order valence-electron chi connectivity index (χ0n) is 14.2. The van der Waals surface area contributed by atoms with Gasteiger partial charge in [-0.1, -0.05) is 38.7 Å². The van der Waals surface area contributed by atoms with Gasteiger partial charge >= 0.3 is 0 Å². The van der Waals surface area contributed by atoms with Crippen LogP contribution in [0, 0.1) is 5.92 Å². The van der Waals surface area contributed by atoms with Gasteiger partial charge in [-0.15, -0.1) is 0 Å². The van der Waals surface area contributed by atoms with Gasteiger partial charge in [-0.3, -0.25) is 4.79 Å². The number of ether oxygens (including phenoxy) is 1. The molecule has 0 spiro atoms. The van der Waals surface area contributed by atoms with Crippen molar-refractivity contribution in [3.8, 4) is 5.75 Å². The summed E-state index contributed by atoms with van der Waals surface area (Å²) in [6.07, 6.45) is 10.0. The van der Waals surface area contributed by atoms with Gasteiger partial charge in [0, 0.05) is 0 Å². The first-order valence-corrected chi connectivity index (χ1v) is 9.27. The molecular weight excluding hydrogens is 286 g/mol. The first-order valence-electron chi connectivity index (χ1n) is 9.27. The first-order chi connectivity index (χ1) is 11.2. The predicted octanol–water partition coefficient (Wildman–Crippen LogP) is 4.33. The van der Waals surface area contributed by atoms with E-state index in [0.29, 0.717) is 6.42 Å². The van der Waals surface area contributed by atoms with Crippen LogP contribution in [-0.4, -0.2) is 12.0 Å². The molecule has 126 valence electrons. The molecule has 3 atom stereocenters. The summed E-state index contributed by atoms with van der Waals surface area (Å²) in [5.41, 5.74) is 8.46. The van der Waals surface area contributed by atoms with Crippen molar-refractivity contribution in [3.63, 3.8) is 0 Å². The first kappa shape index (κ1) is 16.4. The Kier molecular flexibility index (Phi) is 5.24. The molecule has 3 rings (SSSR count). The van der Waals surface area contributed by atoms with Gasteiger partial charge in [-0.25, -0.2) is 0 Å². The molecule has 0 aromatic heterocycles. The number of unbranched alkanes of at least 4 members (excludes halogenated alkanes) is 2. The standard InChI is InChI=1S/C20H29NO2/c1-2-3-4-9-19(20(21)22)23-16-10-11-18-15(13-16)12-14-7-5-6-8-17(14)18/h10-11,13-14,17,19H,2-9,12H2,1H3,(H2,21,22). The largest absolute Gasteiger partial charge is 0.481 e. The van der Waals surface area contributed by atoms with Crippen LogP contribution in [0.1, 0.15) is 75.3 Å². The third-order valence-electron chi connectivity index (χ3n) is 5.57. The van der Waals surface area contributed by atoms with Crippen LogP contribution in [0.3, 0.4) is 0 Å². The summed E-state index contributed by atoms with van der Waals surface area (Å²) in [6.45, 7) is 2.15. The second-order valence-electron chi connectivity index (χ2n) is 7.22. The highest BCUT2D eigenvalue weighted by atomic mass is 16.5. The van der Waals surface area contributed by atoms with Gasteiger partial charge in [-0.05, 0) is 67.2 Å². The number of rotatable bonds is 7. The van der Waals surface area contributed by atoms with Crippen molar-refractivity contribution >= 4 is 5.91 Å². The van der Waals surface area contributed by atoms with Gasteiger partial charge in [0.1, 0.15) is 5.75 Å². The van der Waals surface area contributed by atoms with Gasteiger partial charge in [0.2, 0.25) is 0 Å². The molecule has 0 radical (unpaired) electrons. The number of amides is 1. The van der Waals surface area contributed by atoms with E-state index in [1.54, 1.807) is 0 Å². The SMILES string of the molecule is CCCCCC(Oc1ccc2c(c1)CC1CCCCC21)C(N)=O. The maximum atomic E-state index is 11.6. The van der Waals surface area contributed by atoms with Crippen LogP contribution >= 0.6 is 0 Å². The number of hydrogen-bond donors (Lipinski definition) is 1. The van der Waals surface area contributed by atoms with Gasteiger partial charge in [-0.2, -0.15) is 0 Å². The van der Waals surface area contributed by atoms with Crippen molar-refractivity contribution in [2.75, 3.05) is 0 Å². The Morgan fingerprint density at radius 1 is 1.30 bits per heavy atom. The minimum absolute atomic E-state index is 0.352. The van der Waals surface area contributed by atoms with E-state index in [2.05, 4.69) is 19.1 Å². The molecule has 2 aliphatic rings. The van der Waals surface area contributed by atoms with E-state index >= 15 is 0 Å². The van der Waals surface area contributed by atoms with Gasteiger partial charge in [0.25, 0.3) is 5.91 Å². The molecule has 1 amide bonds. The summed E-state index contributed by atoms with van der Waals surface area (Å²) < 4.78 is 5.93. The summed E-state index contributed by atoms with van der Waals surface area (Å²) in [7, 11) is 0. The van der Waals surface area contributed by atoms with E-state index in [0.717, 1.165) is 36.8 Å². The Hall–Kier alpha value is -1.51. The van der Waals surface area contributed by atoms with Crippen LogP contribution in [0.4, 0.5) is 0 Å². The smallest absolute Gasteiger partial charge is 0.258 e. The molecular formula is C20H29NO2. The highest BCUT2D eigenvalue weighted by Crippen LogP contribution is 2.47. The zero-order chi connectivity index (χ0) is 16.2. The molecule has 0 saturated heterocycles. The maximum absolute atomic E-state index is 11.6. The van der Waals surface area contributed by atoms with E-state index in [-0.39, 0.29) is 5.91 Å². The monoisotopic (exact) mass is 315 g/mol. The Bertz CT molecular complexity index is 555. The molecule has 1 aromatic carbocycles. The number of carbonyl (C=O) groups excluding carboxylic acids is 1. The fourth-order valence-corrected chi connectivity index (χ4v) is 4.34. The summed E-state index contributed by atoms with van der Waals surface area (Å²) in [6, 6.07) is 6.42. The normalized spacial score (nSPS) is 23.9. The molecule has 0 aliphatic heterocycles. The summed E-state index contributed by atoms with van der Waals surface area (Å²) in [5, 5.41) is 0. The molecule has 3 nitrogen and oxygen atoms in total. The van der Waals surface area contributed by atoms with E-state index in [1.807, 2.05) is 6.07 Å². The summed E-state index contributed by atoms with van der Waals surface area (Å²) in [4.78, 5) is 11.6. The van der Waals surface area contributed by atoms with E-state index < -0.39 is 6.10 Å². The van der Waals surface area contributed by atoms with Crippen LogP contribution in [0.5, 0.6) is 5.75 Å². The van der Waals surface area contributed by atoms with Crippen LogP contribution < -0.4 is 10.5 Å². The third-order valence-corrected chi connectivity index (χ3v) is 5.57. The molecule has 3 unspecified atom stereocenters. The molecule has 0 heterocycles. The average Bonchev–Trinajstić information content (AvgIpc) is 2.91. The van der Waals surface area contributed by atoms with Crippen molar-refractivity contribution in [3.05, 3.63) is 29.3 Å². The second-order valence-corrected chi connectivity index (χ2v) is 7.22. The fourth-order valence-electron chi connectivity index (χ4n) is 4.34. The lowest BCUT2D eigenvalue weighted by Gasteiger charge is -2.25. The van der Waals surface area contributed by atoms with E-state index in [9.17, 15) is 4.79 Å². The predicted molar refractivity (Wildman–Crippen MR) is 92.6 cm³/mol. The van der Waals surface area contributed by atoms with Crippen molar-refractivity contribution < 1.29 is 9.53 Å². The number of fused-ring (bicyclic) bond motifs is 3. The lowest BCUT2D eigenvalue weighted by Crippen LogP contribution is -2.33. The van der Waals surface area contributed by atoms with Crippen LogP contribution in [0.15, 0.2) is 18.2 Å². The Morgan fingerprint density at radius 3 is 2.91 bits per heavy atom. The van der Waals surface area contributed by atoms with Gasteiger partial charge < -0.3 is 10.5 Å².